The summed E-state index contributed by atoms with van der Waals surface area (Å²) in [4.78, 5) is 48.7. The molecule has 1 N–H and O–H groups in total. The fourth-order valence-corrected chi connectivity index (χ4v) is 7.57. The minimum absolute atomic E-state index is 0.231. The van der Waals surface area contributed by atoms with E-state index in [0.29, 0.717) is 37.3 Å². The van der Waals surface area contributed by atoms with Crippen molar-refractivity contribution >= 4 is 29.1 Å². The summed E-state index contributed by atoms with van der Waals surface area (Å²) in [5.41, 5.74) is 2.10. The molecular formula is C36H45N3O6. The molecule has 45 heavy (non-hydrogen) atoms. The van der Waals surface area contributed by atoms with E-state index < -0.39 is 35.6 Å². The predicted octanol–water partition coefficient (Wildman–Crippen LogP) is 4.59. The number of carbonyl (C=O) groups is 3. The zero-order valence-electron chi connectivity index (χ0n) is 26.8. The summed E-state index contributed by atoms with van der Waals surface area (Å²) >= 11 is 0. The fourth-order valence-electron chi connectivity index (χ4n) is 7.57. The van der Waals surface area contributed by atoms with Crippen LogP contribution in [0.5, 0.6) is 5.75 Å². The molecule has 6 atom stereocenters. The maximum absolute atomic E-state index is 14.8. The molecule has 0 radical (unpaired) electrons. The van der Waals surface area contributed by atoms with Gasteiger partial charge in [0.25, 0.3) is 5.91 Å². The molecule has 0 aromatic heterocycles. The summed E-state index contributed by atoms with van der Waals surface area (Å²) in [5, 5.41) is 10.4. The smallest absolute Gasteiger partial charge is 0.253 e. The molecular weight excluding hydrogens is 570 g/mol. The quantitative estimate of drug-likeness (QED) is 0.331. The lowest BCUT2D eigenvalue weighted by atomic mass is 9.70. The van der Waals surface area contributed by atoms with Gasteiger partial charge >= 0.3 is 0 Å². The molecule has 9 heteroatoms. The normalized spacial score (nSPS) is 25.5. The largest absolute Gasteiger partial charge is 0.494 e. The summed E-state index contributed by atoms with van der Waals surface area (Å²) in [5.74, 6) is -1.82. The number of ether oxygens (including phenoxy) is 2. The van der Waals surface area contributed by atoms with Crippen molar-refractivity contribution in [1.29, 1.82) is 0 Å². The highest BCUT2D eigenvalue weighted by Crippen LogP contribution is 2.59. The number of aliphatic hydroxyl groups is 1. The Hall–Kier alpha value is -3.95. The van der Waals surface area contributed by atoms with E-state index >= 15 is 0 Å². The number of amides is 3. The lowest BCUT2D eigenvalue weighted by molar-refractivity contribution is -0.144. The maximum Gasteiger partial charge on any atom is 0.253 e. The third-order valence-electron chi connectivity index (χ3n) is 9.60. The number of nitrogens with zero attached hydrogens (tertiary/aromatic N) is 3. The van der Waals surface area contributed by atoms with Gasteiger partial charge in [-0.2, -0.15) is 0 Å². The van der Waals surface area contributed by atoms with Crippen molar-refractivity contribution in [3.05, 3.63) is 78.9 Å². The third kappa shape index (κ3) is 5.46. The van der Waals surface area contributed by atoms with Crippen LogP contribution in [0.2, 0.25) is 0 Å². The lowest BCUT2D eigenvalue weighted by Gasteiger charge is -2.39. The van der Waals surface area contributed by atoms with Gasteiger partial charge in [0.2, 0.25) is 11.8 Å². The van der Waals surface area contributed by atoms with E-state index in [-0.39, 0.29) is 37.4 Å². The molecule has 2 aromatic rings. The van der Waals surface area contributed by atoms with Gasteiger partial charge in [-0.05, 0) is 81.5 Å². The summed E-state index contributed by atoms with van der Waals surface area (Å²) in [6, 6.07) is 11.6. The Kier molecular flexibility index (Phi) is 9.51. The van der Waals surface area contributed by atoms with Crippen molar-refractivity contribution in [1.82, 2.24) is 4.90 Å². The number of hydrogen-bond acceptors (Lipinski definition) is 6. The van der Waals surface area contributed by atoms with Crippen LogP contribution < -0.4 is 14.5 Å². The molecule has 3 aliphatic rings. The third-order valence-corrected chi connectivity index (χ3v) is 9.60. The van der Waals surface area contributed by atoms with Crippen LogP contribution in [0.4, 0.5) is 11.4 Å². The first-order valence-corrected chi connectivity index (χ1v) is 15.9. The molecule has 0 aliphatic carbocycles. The molecule has 9 nitrogen and oxygen atoms in total. The van der Waals surface area contributed by atoms with Crippen molar-refractivity contribution in [3.8, 4) is 5.75 Å². The van der Waals surface area contributed by atoms with Crippen LogP contribution in [0.25, 0.3) is 0 Å². The highest BCUT2D eigenvalue weighted by molar-refractivity contribution is 6.07. The van der Waals surface area contributed by atoms with Crippen molar-refractivity contribution in [2.45, 2.75) is 70.7 Å². The van der Waals surface area contributed by atoms with E-state index in [1.165, 1.54) is 4.90 Å². The molecule has 0 saturated carbocycles. The van der Waals surface area contributed by atoms with Crippen molar-refractivity contribution in [2.24, 2.45) is 11.8 Å². The average Bonchev–Trinajstić information content (AvgIpc) is 3.68. The number of hydrogen-bond donors (Lipinski definition) is 1. The van der Waals surface area contributed by atoms with Crippen molar-refractivity contribution < 1.29 is 29.0 Å². The first kappa shape index (κ1) is 32.4. The van der Waals surface area contributed by atoms with Crippen LogP contribution >= 0.6 is 0 Å². The topological polar surface area (TPSA) is 99.6 Å². The molecule has 2 aromatic carbocycles. The van der Waals surface area contributed by atoms with Gasteiger partial charge in [0, 0.05) is 24.5 Å². The summed E-state index contributed by atoms with van der Waals surface area (Å²) < 4.78 is 12.3. The molecule has 3 fully saturated rings. The molecule has 240 valence electrons. The molecule has 3 heterocycles. The Labute approximate surface area is 266 Å². The number of aryl methyl sites for hydroxylation is 2. The molecule has 2 bridgehead atoms. The molecule has 2 unspecified atom stereocenters. The zero-order valence-corrected chi connectivity index (χ0v) is 26.8. The minimum atomic E-state index is -1.20. The van der Waals surface area contributed by atoms with Gasteiger partial charge in [0.1, 0.15) is 17.4 Å². The van der Waals surface area contributed by atoms with Gasteiger partial charge < -0.3 is 29.3 Å². The second-order valence-electron chi connectivity index (χ2n) is 12.2. The Balaban J connectivity index is 1.58. The van der Waals surface area contributed by atoms with Crippen LogP contribution in [-0.4, -0.2) is 77.8 Å². The Morgan fingerprint density at radius 2 is 1.78 bits per heavy atom. The van der Waals surface area contributed by atoms with Crippen LogP contribution in [0, 0.1) is 25.7 Å². The summed E-state index contributed by atoms with van der Waals surface area (Å²) in [6.45, 7) is 16.2. The van der Waals surface area contributed by atoms with Crippen LogP contribution in [-0.2, 0) is 19.1 Å². The highest BCUT2D eigenvalue weighted by Gasteiger charge is 2.75. The molecule has 3 saturated heterocycles. The van der Waals surface area contributed by atoms with E-state index in [1.807, 2.05) is 70.2 Å². The number of rotatable bonds is 13. The SMILES string of the molecule is C=CCN(C(=O)[C@@H]1[C@@H]2CCC3(O2)C(C(=O)N(CC=C)c2cc(C)ccc2C)N([C@@H](CC)CO)C(=O)[C@H]13)c1ccc(OCC)cc1. The second kappa shape index (κ2) is 13.2. The maximum atomic E-state index is 14.8. The molecule has 5 rings (SSSR count). The Morgan fingerprint density at radius 3 is 2.40 bits per heavy atom. The van der Waals surface area contributed by atoms with E-state index in [9.17, 15) is 19.5 Å². The van der Waals surface area contributed by atoms with Gasteiger partial charge in [-0.3, -0.25) is 14.4 Å². The Morgan fingerprint density at radius 1 is 1.09 bits per heavy atom. The van der Waals surface area contributed by atoms with E-state index in [0.717, 1.165) is 16.8 Å². The number of benzene rings is 2. The van der Waals surface area contributed by atoms with Gasteiger partial charge in [-0.25, -0.2) is 0 Å². The van der Waals surface area contributed by atoms with Crippen molar-refractivity contribution in [2.75, 3.05) is 36.1 Å². The van der Waals surface area contributed by atoms with E-state index in [1.54, 1.807) is 22.0 Å². The predicted molar refractivity (Wildman–Crippen MR) is 174 cm³/mol. The minimum Gasteiger partial charge on any atom is -0.494 e. The number of likely N-dealkylation sites (tertiary alicyclic amines) is 1. The van der Waals surface area contributed by atoms with Gasteiger partial charge in [-0.1, -0.05) is 31.2 Å². The summed E-state index contributed by atoms with van der Waals surface area (Å²) in [7, 11) is 0. The van der Waals surface area contributed by atoms with E-state index in [2.05, 4.69) is 13.2 Å². The first-order chi connectivity index (χ1) is 21.7. The van der Waals surface area contributed by atoms with Gasteiger partial charge in [0.15, 0.2) is 0 Å². The molecule has 3 aliphatic heterocycles. The number of carbonyl (C=O) groups excluding carboxylic acids is 3. The first-order valence-electron chi connectivity index (χ1n) is 15.9. The zero-order chi connectivity index (χ0) is 32.5. The van der Waals surface area contributed by atoms with Gasteiger partial charge in [-0.15, -0.1) is 13.2 Å². The highest BCUT2D eigenvalue weighted by atomic mass is 16.5. The number of fused-ring (bicyclic) bond motifs is 1. The Bertz CT molecular complexity index is 1450. The molecule has 3 amide bonds. The van der Waals surface area contributed by atoms with E-state index in [4.69, 9.17) is 9.47 Å². The van der Waals surface area contributed by atoms with Crippen LogP contribution in [0.3, 0.4) is 0 Å². The van der Waals surface area contributed by atoms with Crippen molar-refractivity contribution in [3.63, 3.8) is 0 Å². The summed E-state index contributed by atoms with van der Waals surface area (Å²) in [6.07, 6.45) is 4.26. The number of aliphatic hydroxyl groups excluding tert-OH is 1. The standard InChI is InChI=1S/C36H45N3O6/c1-7-19-37(26-13-15-27(16-14-26)44-10-4)33(41)30-29-17-18-36(45-29)31(30)34(42)39(25(9-3)22-40)32(36)35(43)38(20-8-2)28-21-23(5)11-12-24(28)6/h7-8,11-16,21,25,29-32,40H,1-2,9-10,17-20,22H2,3-6H3/t25-,29-,30+,31-,32?,36?/m0/s1. The number of anilines is 2. The van der Waals surface area contributed by atoms with Crippen LogP contribution in [0.1, 0.15) is 44.2 Å². The second-order valence-corrected chi connectivity index (χ2v) is 12.2. The average molecular weight is 616 g/mol. The molecule has 1 spiro atoms. The van der Waals surface area contributed by atoms with Crippen LogP contribution in [0.15, 0.2) is 67.8 Å². The van der Waals surface area contributed by atoms with Gasteiger partial charge in [0.05, 0.1) is 37.2 Å². The lowest BCUT2D eigenvalue weighted by Crippen LogP contribution is -2.59. The fraction of sp³-hybridized carbons (Fsp3) is 0.472. The monoisotopic (exact) mass is 615 g/mol.